The van der Waals surface area contributed by atoms with Gasteiger partial charge in [-0.25, -0.2) is 9.78 Å². The molecule has 2 heteroatoms. The normalized spacial score (nSPS) is 31.5. The summed E-state index contributed by atoms with van der Waals surface area (Å²) in [6.07, 6.45) is 0.222. The van der Waals surface area contributed by atoms with E-state index in [-0.39, 0.29) is 17.1 Å². The molecule has 1 fully saturated rings. The topological polar surface area (TPSA) is 18.5 Å². The Morgan fingerprint density at radius 1 is 1.20 bits per heavy atom. The van der Waals surface area contributed by atoms with Gasteiger partial charge >= 0.3 is 0 Å². The summed E-state index contributed by atoms with van der Waals surface area (Å²) in [5.41, 5.74) is 0.0833. The highest BCUT2D eigenvalue weighted by atomic mass is 17.3. The van der Waals surface area contributed by atoms with E-state index < -0.39 is 0 Å². The van der Waals surface area contributed by atoms with E-state index in [0.717, 1.165) is 0 Å². The first-order valence-electron chi connectivity index (χ1n) is 3.68. The van der Waals surface area contributed by atoms with Crippen LogP contribution in [0.25, 0.3) is 0 Å². The first kappa shape index (κ1) is 8.02. The quantitative estimate of drug-likeness (QED) is 0.485. The van der Waals surface area contributed by atoms with Crippen molar-refractivity contribution in [1.82, 2.24) is 0 Å². The molecule has 1 saturated heterocycles. The van der Waals surface area contributed by atoms with Crippen LogP contribution < -0.4 is 0 Å². The lowest BCUT2D eigenvalue weighted by Gasteiger charge is -2.48. The van der Waals surface area contributed by atoms with Crippen LogP contribution in [0.1, 0.15) is 34.6 Å². The minimum Gasteiger partial charge on any atom is -0.229 e. The molecule has 1 aliphatic rings. The fourth-order valence-corrected chi connectivity index (χ4v) is 1.48. The SMILES string of the molecule is CC(C)(C)C1OOC1(C)C. The van der Waals surface area contributed by atoms with Gasteiger partial charge in [-0.15, -0.1) is 0 Å². The zero-order valence-corrected chi connectivity index (χ0v) is 7.39. The minimum absolute atomic E-state index is 0.0990. The molecule has 0 aliphatic carbocycles. The van der Waals surface area contributed by atoms with Crippen molar-refractivity contribution in [2.24, 2.45) is 5.41 Å². The largest absolute Gasteiger partial charge is 0.229 e. The number of rotatable bonds is 0. The Bertz CT molecular complexity index is 123. The van der Waals surface area contributed by atoms with Crippen LogP contribution in [0, 0.1) is 5.41 Å². The third-order valence-corrected chi connectivity index (χ3v) is 1.78. The summed E-state index contributed by atoms with van der Waals surface area (Å²) in [7, 11) is 0. The molecule has 0 N–H and O–H groups in total. The molecular formula is C8H16O2. The molecule has 0 saturated carbocycles. The third kappa shape index (κ3) is 1.18. The molecule has 1 rings (SSSR count). The molecule has 0 radical (unpaired) electrons. The molecule has 0 spiro atoms. The van der Waals surface area contributed by atoms with Gasteiger partial charge in [-0.1, -0.05) is 20.8 Å². The van der Waals surface area contributed by atoms with E-state index in [1.807, 2.05) is 13.8 Å². The number of hydrogen-bond donors (Lipinski definition) is 0. The lowest BCUT2D eigenvalue weighted by molar-refractivity contribution is -0.516. The predicted molar refractivity (Wildman–Crippen MR) is 39.5 cm³/mol. The summed E-state index contributed by atoms with van der Waals surface area (Å²) in [4.78, 5) is 9.97. The van der Waals surface area contributed by atoms with Gasteiger partial charge in [0.2, 0.25) is 0 Å². The van der Waals surface area contributed by atoms with Crippen LogP contribution >= 0.6 is 0 Å². The molecule has 0 bridgehead atoms. The van der Waals surface area contributed by atoms with Crippen LogP contribution in [-0.2, 0) is 9.78 Å². The van der Waals surface area contributed by atoms with Crippen LogP contribution in [-0.4, -0.2) is 11.7 Å². The molecule has 1 atom stereocenters. The van der Waals surface area contributed by atoms with Gasteiger partial charge in [0.25, 0.3) is 0 Å². The van der Waals surface area contributed by atoms with Gasteiger partial charge in [0.1, 0.15) is 11.7 Å². The first-order valence-corrected chi connectivity index (χ1v) is 3.68. The van der Waals surface area contributed by atoms with Crippen molar-refractivity contribution < 1.29 is 9.78 Å². The first-order chi connectivity index (χ1) is 4.34. The molecule has 60 valence electrons. The average Bonchev–Trinajstić information content (AvgIpc) is 1.58. The van der Waals surface area contributed by atoms with E-state index in [1.165, 1.54) is 0 Å². The fraction of sp³-hybridized carbons (Fsp3) is 1.00. The summed E-state index contributed by atoms with van der Waals surface area (Å²) >= 11 is 0. The van der Waals surface area contributed by atoms with Gasteiger partial charge in [0, 0.05) is 0 Å². The Morgan fingerprint density at radius 2 is 1.70 bits per heavy atom. The van der Waals surface area contributed by atoms with Crippen LogP contribution in [0.3, 0.4) is 0 Å². The molecule has 0 aromatic heterocycles. The van der Waals surface area contributed by atoms with Crippen LogP contribution in [0.2, 0.25) is 0 Å². The van der Waals surface area contributed by atoms with Gasteiger partial charge in [0.15, 0.2) is 0 Å². The standard InChI is InChI=1S/C8H16O2/c1-7(2,3)6-8(4,5)10-9-6/h6H,1-5H3. The van der Waals surface area contributed by atoms with Crippen molar-refractivity contribution in [2.45, 2.75) is 46.3 Å². The fourth-order valence-electron chi connectivity index (χ4n) is 1.48. The van der Waals surface area contributed by atoms with Gasteiger partial charge in [-0.2, -0.15) is 0 Å². The molecule has 10 heavy (non-hydrogen) atoms. The van der Waals surface area contributed by atoms with Crippen molar-refractivity contribution in [3.8, 4) is 0 Å². The maximum atomic E-state index is 5.01. The minimum atomic E-state index is -0.0990. The lowest BCUT2D eigenvalue weighted by atomic mass is 9.79. The summed E-state index contributed by atoms with van der Waals surface area (Å²) in [6, 6.07) is 0. The van der Waals surface area contributed by atoms with Gasteiger partial charge < -0.3 is 0 Å². The molecule has 1 heterocycles. The highest BCUT2D eigenvalue weighted by Gasteiger charge is 2.49. The Labute approximate surface area is 62.4 Å². The van der Waals surface area contributed by atoms with Crippen LogP contribution in [0.5, 0.6) is 0 Å². The second-order valence-corrected chi connectivity index (χ2v) is 4.53. The molecule has 0 amide bonds. The van der Waals surface area contributed by atoms with E-state index >= 15 is 0 Å². The van der Waals surface area contributed by atoms with Crippen molar-refractivity contribution in [3.05, 3.63) is 0 Å². The van der Waals surface area contributed by atoms with E-state index in [4.69, 9.17) is 9.78 Å². The molecule has 0 aromatic rings. The maximum Gasteiger partial charge on any atom is 0.129 e. The molecular weight excluding hydrogens is 128 g/mol. The average molecular weight is 144 g/mol. The highest BCUT2D eigenvalue weighted by molar-refractivity contribution is 4.91. The van der Waals surface area contributed by atoms with Gasteiger partial charge in [-0.05, 0) is 19.3 Å². The molecule has 0 aromatic carbocycles. The van der Waals surface area contributed by atoms with Crippen LogP contribution in [0.15, 0.2) is 0 Å². The number of hydrogen-bond acceptors (Lipinski definition) is 2. The van der Waals surface area contributed by atoms with E-state index in [1.54, 1.807) is 0 Å². The monoisotopic (exact) mass is 144 g/mol. The lowest BCUT2D eigenvalue weighted by Crippen LogP contribution is -2.57. The van der Waals surface area contributed by atoms with Crippen LogP contribution in [0.4, 0.5) is 0 Å². The van der Waals surface area contributed by atoms with Gasteiger partial charge in [-0.3, -0.25) is 0 Å². The van der Waals surface area contributed by atoms with Crippen molar-refractivity contribution in [1.29, 1.82) is 0 Å². The predicted octanol–water partition coefficient (Wildman–Crippen LogP) is 2.14. The molecule has 1 unspecified atom stereocenters. The second kappa shape index (κ2) is 1.95. The Morgan fingerprint density at radius 3 is 1.70 bits per heavy atom. The van der Waals surface area contributed by atoms with Crippen molar-refractivity contribution in [2.75, 3.05) is 0 Å². The molecule has 1 aliphatic heterocycles. The zero-order valence-electron chi connectivity index (χ0n) is 7.39. The summed E-state index contributed by atoms with van der Waals surface area (Å²) < 4.78 is 0. The Balaban J connectivity index is 2.60. The van der Waals surface area contributed by atoms with Gasteiger partial charge in [0.05, 0.1) is 0 Å². The zero-order chi connectivity index (χ0) is 7.99. The van der Waals surface area contributed by atoms with Crippen molar-refractivity contribution >= 4 is 0 Å². The summed E-state index contributed by atoms with van der Waals surface area (Å²) in [6.45, 7) is 10.6. The Hall–Kier alpha value is -0.0800. The summed E-state index contributed by atoms with van der Waals surface area (Å²) in [5.74, 6) is 0. The second-order valence-electron chi connectivity index (χ2n) is 4.53. The molecule has 2 nitrogen and oxygen atoms in total. The van der Waals surface area contributed by atoms with Crippen molar-refractivity contribution in [3.63, 3.8) is 0 Å². The van der Waals surface area contributed by atoms with E-state index in [9.17, 15) is 0 Å². The van der Waals surface area contributed by atoms with E-state index in [2.05, 4.69) is 20.8 Å². The third-order valence-electron chi connectivity index (χ3n) is 1.78. The Kier molecular flexibility index (Phi) is 1.57. The summed E-state index contributed by atoms with van der Waals surface area (Å²) in [5, 5.41) is 0. The smallest absolute Gasteiger partial charge is 0.129 e. The highest BCUT2D eigenvalue weighted by Crippen LogP contribution is 2.40. The maximum absolute atomic E-state index is 5.01. The van der Waals surface area contributed by atoms with E-state index in [0.29, 0.717) is 0 Å².